The van der Waals surface area contributed by atoms with Crippen LogP contribution >= 0.6 is 7.82 Å². The molecule has 0 aliphatic rings. The molecule has 68 valence electrons. The molecule has 0 atom stereocenters. The van der Waals surface area contributed by atoms with Gasteiger partial charge in [0.2, 0.25) is 0 Å². The van der Waals surface area contributed by atoms with Crippen LogP contribution in [0.5, 0.6) is 0 Å². The van der Waals surface area contributed by atoms with Crippen molar-refractivity contribution in [2.75, 3.05) is 0 Å². The summed E-state index contributed by atoms with van der Waals surface area (Å²) in [6.07, 6.45) is -4.20. The Labute approximate surface area is 106 Å². The van der Waals surface area contributed by atoms with Gasteiger partial charge in [0.1, 0.15) is 0 Å². The topological polar surface area (TPSA) is 130 Å². The summed E-state index contributed by atoms with van der Waals surface area (Å²) in [6, 6.07) is 0. The molecule has 0 aromatic carbocycles. The molecule has 0 amide bonds. The summed E-state index contributed by atoms with van der Waals surface area (Å²) in [5.41, 5.74) is 0. The van der Waals surface area contributed by atoms with Crippen LogP contribution in [-0.2, 0) is 13.6 Å². The fourth-order valence-corrected chi connectivity index (χ4v) is 0.648. The predicted molar refractivity (Wildman–Crippen MR) is 42.3 cm³/mol. The summed E-state index contributed by atoms with van der Waals surface area (Å²) in [7, 11) is -5.00. The Morgan fingerprint density at radius 1 is 1.08 bits per heavy atom. The van der Waals surface area contributed by atoms with Crippen molar-refractivity contribution in [3.63, 3.8) is 0 Å². The molecule has 13 heavy (non-hydrogen) atoms. The van der Waals surface area contributed by atoms with Gasteiger partial charge < -0.3 is 19.3 Å². The molecule has 0 unspecified atom stereocenters. The van der Waals surface area contributed by atoms with Crippen molar-refractivity contribution in [1.29, 1.82) is 0 Å². The first-order chi connectivity index (χ1) is 4.83. The molecule has 0 bridgehead atoms. The molecule has 0 aromatic rings. The van der Waals surface area contributed by atoms with Crippen LogP contribution in [0.15, 0.2) is 0 Å². The zero-order valence-corrected chi connectivity index (χ0v) is 5.72. The summed E-state index contributed by atoms with van der Waals surface area (Å²) < 4.78 is 16.5. The number of hydrogen-bond acceptors (Lipinski definition) is 5. The maximum absolute atomic E-state index is 10.2. The minimum absolute atomic E-state index is 0. The zero-order valence-electron chi connectivity index (χ0n) is 4.83. The molecule has 0 aromatic heterocycles. The van der Waals surface area contributed by atoms with Gasteiger partial charge in [-0.3, -0.25) is 4.89 Å². The second-order valence-electron chi connectivity index (χ2n) is 1.18. The number of phosphoric ester groups is 1. The van der Waals surface area contributed by atoms with E-state index in [0.717, 1.165) is 0 Å². The third-order valence-electron chi connectivity index (χ3n) is 0.387. The molecule has 0 radical (unpaired) electrons. The molecule has 0 spiro atoms. The van der Waals surface area contributed by atoms with Gasteiger partial charge in [-0.2, -0.15) is 0 Å². The Hall–Kier alpha value is 0.327. The molecule has 0 fully saturated rings. The molecule has 0 saturated heterocycles. The van der Waals surface area contributed by atoms with Crippen molar-refractivity contribution in [3.05, 3.63) is 0 Å². The number of hydrogen-bond donors (Lipinski definition) is 3. The molecule has 8 nitrogen and oxygen atoms in total. The monoisotopic (exact) mass is 218 g/mol. The number of phosphoric acid groups is 1. The Morgan fingerprint density at radius 2 is 1.31 bits per heavy atom. The van der Waals surface area contributed by atoms with Gasteiger partial charge in [-0.1, -0.05) is 0 Å². The molecule has 0 rings (SSSR count). The van der Waals surface area contributed by atoms with Crippen LogP contribution in [0.2, 0.25) is 0 Å². The number of carbonyl (C=O) groups is 2. The first-order valence-corrected chi connectivity index (χ1v) is 3.51. The van der Waals surface area contributed by atoms with Gasteiger partial charge in [-0.25, -0.2) is 14.2 Å². The third-order valence-corrected chi connectivity index (χ3v) is 1.16. The number of rotatable bonds is 2. The summed E-state index contributed by atoms with van der Waals surface area (Å²) in [6.45, 7) is 0. The van der Waals surface area contributed by atoms with Gasteiger partial charge in [0.25, 0.3) is 0 Å². The molecular formula is C2H5LiNaO8P. The normalized spacial score (nSPS) is 8.69. The van der Waals surface area contributed by atoms with Gasteiger partial charge in [-0.05, 0) is 0 Å². The van der Waals surface area contributed by atoms with E-state index in [-0.39, 0.29) is 48.4 Å². The van der Waals surface area contributed by atoms with Gasteiger partial charge in [0.05, 0.1) is 0 Å². The zero-order chi connectivity index (χ0) is 9.07. The fraction of sp³-hybridized carbons (Fsp3) is 0. The van der Waals surface area contributed by atoms with E-state index in [1.807, 2.05) is 0 Å². The molecule has 0 heterocycles. The van der Waals surface area contributed by atoms with Crippen molar-refractivity contribution < 1.29 is 38.3 Å². The van der Waals surface area contributed by atoms with E-state index in [9.17, 15) is 14.2 Å². The minimum atomic E-state index is -5.00. The van der Waals surface area contributed by atoms with E-state index in [0.29, 0.717) is 0 Å². The fourth-order valence-electron chi connectivity index (χ4n) is 0.216. The molecule has 0 aliphatic carbocycles. The van der Waals surface area contributed by atoms with Crippen LogP contribution in [0.4, 0.5) is 9.59 Å². The predicted octanol–water partition coefficient (Wildman–Crippen LogP) is -0.821. The van der Waals surface area contributed by atoms with E-state index < -0.39 is 20.1 Å². The summed E-state index contributed by atoms with van der Waals surface area (Å²) in [5.74, 6) is 0. The van der Waals surface area contributed by atoms with Crippen LogP contribution in [0, 0.1) is 0 Å². The molecule has 0 aliphatic heterocycles. The quantitative estimate of drug-likeness (QED) is 0.404. The van der Waals surface area contributed by atoms with Crippen molar-refractivity contribution in [3.8, 4) is 0 Å². The average molecular weight is 218 g/mol. The second-order valence-corrected chi connectivity index (χ2v) is 2.49. The van der Waals surface area contributed by atoms with E-state index in [2.05, 4.69) is 9.05 Å². The van der Waals surface area contributed by atoms with Crippen molar-refractivity contribution in [2.45, 2.75) is 0 Å². The summed E-state index contributed by atoms with van der Waals surface area (Å²) in [4.78, 5) is 27.3. The average Bonchev–Trinajstić information content (AvgIpc) is 1.53. The Kier molecular flexibility index (Phi) is 11.3. The standard InChI is InChI=1S/C2H3O8P.Li.Na.2H/c3-1(4)9-11(7,8)10-2(5)6;;;;/h(H,3,4)(H,5,6)(H,7,8);;;;. The Bertz CT molecular complexity index is 208. The molecule has 11 heteroatoms. The van der Waals surface area contributed by atoms with Gasteiger partial charge in [0.15, 0.2) is 0 Å². The van der Waals surface area contributed by atoms with Gasteiger partial charge >= 0.3 is 68.6 Å². The summed E-state index contributed by atoms with van der Waals surface area (Å²) >= 11 is 0. The Balaban J connectivity index is -0.000000500. The second kappa shape index (κ2) is 7.71. The third kappa shape index (κ3) is 12.3. The van der Waals surface area contributed by atoms with Gasteiger partial charge in [0, 0.05) is 0 Å². The van der Waals surface area contributed by atoms with Crippen LogP contribution in [0.1, 0.15) is 0 Å². The molecular weight excluding hydrogens is 213 g/mol. The van der Waals surface area contributed by atoms with E-state index in [1.165, 1.54) is 0 Å². The van der Waals surface area contributed by atoms with Crippen LogP contribution in [0.25, 0.3) is 0 Å². The SMILES string of the molecule is O=C(O)OP(=O)(O)OC(=O)O.[LiH].[NaH]. The first kappa shape index (κ1) is 19.0. The van der Waals surface area contributed by atoms with E-state index >= 15 is 0 Å². The van der Waals surface area contributed by atoms with Gasteiger partial charge in [-0.15, -0.1) is 0 Å². The summed E-state index contributed by atoms with van der Waals surface area (Å²) in [5, 5.41) is 15.5. The molecule has 0 saturated carbocycles. The van der Waals surface area contributed by atoms with Crippen molar-refractivity contribution in [2.24, 2.45) is 0 Å². The van der Waals surface area contributed by atoms with E-state index in [1.54, 1.807) is 0 Å². The van der Waals surface area contributed by atoms with Crippen LogP contribution < -0.4 is 0 Å². The van der Waals surface area contributed by atoms with Crippen LogP contribution in [0.3, 0.4) is 0 Å². The maximum atomic E-state index is 10.2. The number of carboxylic acid groups (broad SMARTS) is 2. The van der Waals surface area contributed by atoms with Crippen LogP contribution in [-0.4, -0.2) is 75.8 Å². The first-order valence-electron chi connectivity index (χ1n) is 2.01. The van der Waals surface area contributed by atoms with Crippen molar-refractivity contribution in [1.82, 2.24) is 0 Å². The van der Waals surface area contributed by atoms with E-state index in [4.69, 9.17) is 15.1 Å². The Morgan fingerprint density at radius 3 is 1.46 bits per heavy atom. The molecule has 3 N–H and O–H groups in total. The van der Waals surface area contributed by atoms with Crippen molar-refractivity contribution >= 4 is 68.6 Å².